The molecule has 2 atom stereocenters. The molecule has 0 saturated heterocycles. The highest BCUT2D eigenvalue weighted by Crippen LogP contribution is 2.32. The van der Waals surface area contributed by atoms with Crippen molar-refractivity contribution >= 4 is 5.78 Å². The summed E-state index contributed by atoms with van der Waals surface area (Å²) in [5.74, 6) is 2.05. The molecule has 0 N–H and O–H groups in total. The Bertz CT molecular complexity index is 196. The lowest BCUT2D eigenvalue weighted by atomic mass is 9.75. The van der Waals surface area contributed by atoms with E-state index in [1.54, 1.807) is 0 Å². The molecule has 0 aromatic heterocycles. The molecule has 2 unspecified atom stereocenters. The molecule has 0 bridgehead atoms. The summed E-state index contributed by atoms with van der Waals surface area (Å²) in [6, 6.07) is 0. The van der Waals surface area contributed by atoms with Crippen molar-refractivity contribution in [3.63, 3.8) is 0 Å². The van der Waals surface area contributed by atoms with Gasteiger partial charge in [0.2, 0.25) is 0 Å². The van der Waals surface area contributed by atoms with E-state index in [1.807, 2.05) is 0 Å². The molecule has 0 radical (unpaired) electrons. The summed E-state index contributed by atoms with van der Waals surface area (Å²) >= 11 is 0. The molecule has 0 amide bonds. The number of Topliss-reactive ketones (excluding diaryl/α,β-unsaturated/α-hetero) is 1. The van der Waals surface area contributed by atoms with Crippen LogP contribution in [-0.4, -0.2) is 5.78 Å². The van der Waals surface area contributed by atoms with Crippen molar-refractivity contribution in [1.82, 2.24) is 0 Å². The summed E-state index contributed by atoms with van der Waals surface area (Å²) < 4.78 is 0. The lowest BCUT2D eigenvalue weighted by molar-refractivity contribution is -0.130. The standard InChI is InChI=1S/C14H26O/c1-4-5-7-12-8-6-9-13(14(12)15)10-11(2)3/h11-13H,4-10H2,1-3H3. The smallest absolute Gasteiger partial charge is 0.139 e. The zero-order valence-electron chi connectivity index (χ0n) is 10.6. The van der Waals surface area contributed by atoms with Gasteiger partial charge in [0.15, 0.2) is 0 Å². The van der Waals surface area contributed by atoms with Crippen molar-refractivity contribution in [2.45, 2.75) is 65.7 Å². The van der Waals surface area contributed by atoms with Gasteiger partial charge >= 0.3 is 0 Å². The van der Waals surface area contributed by atoms with E-state index in [4.69, 9.17) is 0 Å². The van der Waals surface area contributed by atoms with E-state index in [0.29, 0.717) is 23.5 Å². The number of rotatable bonds is 5. The summed E-state index contributed by atoms with van der Waals surface area (Å²) in [6.07, 6.45) is 8.29. The number of hydrogen-bond donors (Lipinski definition) is 0. The maximum Gasteiger partial charge on any atom is 0.139 e. The quantitative estimate of drug-likeness (QED) is 0.664. The molecule has 15 heavy (non-hydrogen) atoms. The molecule has 1 fully saturated rings. The van der Waals surface area contributed by atoms with Crippen LogP contribution in [0.2, 0.25) is 0 Å². The maximum absolute atomic E-state index is 12.2. The van der Waals surface area contributed by atoms with Gasteiger partial charge in [-0.2, -0.15) is 0 Å². The number of unbranched alkanes of at least 4 members (excludes halogenated alkanes) is 1. The molecule has 88 valence electrons. The molecule has 0 spiro atoms. The van der Waals surface area contributed by atoms with Gasteiger partial charge < -0.3 is 0 Å². The van der Waals surface area contributed by atoms with E-state index in [1.165, 1.54) is 19.3 Å². The predicted molar refractivity (Wildman–Crippen MR) is 64.8 cm³/mol. The minimum Gasteiger partial charge on any atom is -0.299 e. The lowest BCUT2D eigenvalue weighted by Gasteiger charge is -2.28. The highest BCUT2D eigenvalue weighted by molar-refractivity contribution is 5.84. The van der Waals surface area contributed by atoms with Crippen LogP contribution in [0.1, 0.15) is 65.7 Å². The lowest BCUT2D eigenvalue weighted by Crippen LogP contribution is -2.29. The van der Waals surface area contributed by atoms with E-state index in [-0.39, 0.29) is 0 Å². The average Bonchev–Trinajstić information content (AvgIpc) is 2.19. The highest BCUT2D eigenvalue weighted by atomic mass is 16.1. The molecule has 1 saturated carbocycles. The van der Waals surface area contributed by atoms with Crippen LogP contribution in [0.5, 0.6) is 0 Å². The fraction of sp³-hybridized carbons (Fsp3) is 0.929. The molecular weight excluding hydrogens is 184 g/mol. The molecule has 1 aliphatic carbocycles. The van der Waals surface area contributed by atoms with E-state index in [0.717, 1.165) is 25.7 Å². The third-order valence-corrected chi connectivity index (χ3v) is 3.57. The Morgan fingerprint density at radius 3 is 2.53 bits per heavy atom. The first-order valence-corrected chi connectivity index (χ1v) is 6.68. The molecule has 1 aliphatic rings. The van der Waals surface area contributed by atoms with Crippen molar-refractivity contribution in [1.29, 1.82) is 0 Å². The molecule has 0 aromatic carbocycles. The molecule has 0 aromatic rings. The van der Waals surface area contributed by atoms with Gasteiger partial charge in [-0.15, -0.1) is 0 Å². The van der Waals surface area contributed by atoms with Crippen molar-refractivity contribution in [3.05, 3.63) is 0 Å². The minimum absolute atomic E-state index is 0.389. The fourth-order valence-electron chi connectivity index (χ4n) is 2.77. The largest absolute Gasteiger partial charge is 0.299 e. The van der Waals surface area contributed by atoms with Gasteiger partial charge in [-0.1, -0.05) is 40.0 Å². The first-order chi connectivity index (χ1) is 7.15. The van der Waals surface area contributed by atoms with E-state index in [9.17, 15) is 4.79 Å². The number of carbonyl (C=O) groups excluding carboxylic acids is 1. The molecule has 1 heteroatoms. The van der Waals surface area contributed by atoms with E-state index >= 15 is 0 Å². The molecule has 1 nitrogen and oxygen atoms in total. The van der Waals surface area contributed by atoms with Crippen LogP contribution in [0, 0.1) is 17.8 Å². The van der Waals surface area contributed by atoms with Crippen LogP contribution in [-0.2, 0) is 4.79 Å². The summed E-state index contributed by atoms with van der Waals surface area (Å²) in [6.45, 7) is 6.66. The topological polar surface area (TPSA) is 17.1 Å². The van der Waals surface area contributed by atoms with Crippen LogP contribution in [0.25, 0.3) is 0 Å². The van der Waals surface area contributed by atoms with Crippen molar-refractivity contribution in [2.24, 2.45) is 17.8 Å². The zero-order chi connectivity index (χ0) is 11.3. The first kappa shape index (κ1) is 12.7. The Hall–Kier alpha value is -0.330. The van der Waals surface area contributed by atoms with Crippen LogP contribution in [0.3, 0.4) is 0 Å². The Balaban J connectivity index is 2.43. The van der Waals surface area contributed by atoms with Crippen molar-refractivity contribution in [2.75, 3.05) is 0 Å². The monoisotopic (exact) mass is 210 g/mol. The minimum atomic E-state index is 0.389. The molecule has 1 rings (SSSR count). The van der Waals surface area contributed by atoms with Gasteiger partial charge in [0.1, 0.15) is 5.78 Å². The van der Waals surface area contributed by atoms with Gasteiger partial charge in [0.25, 0.3) is 0 Å². The van der Waals surface area contributed by atoms with Gasteiger partial charge in [-0.3, -0.25) is 4.79 Å². The summed E-state index contributed by atoms with van der Waals surface area (Å²) in [7, 11) is 0. The number of hydrogen-bond acceptors (Lipinski definition) is 1. The maximum atomic E-state index is 12.2. The third-order valence-electron chi connectivity index (χ3n) is 3.57. The Labute approximate surface area is 94.6 Å². The molecule has 0 aliphatic heterocycles. The Kier molecular flexibility index (Phi) is 5.35. The second kappa shape index (κ2) is 6.30. The Morgan fingerprint density at radius 2 is 1.93 bits per heavy atom. The van der Waals surface area contributed by atoms with E-state index in [2.05, 4.69) is 20.8 Å². The Morgan fingerprint density at radius 1 is 1.27 bits per heavy atom. The highest BCUT2D eigenvalue weighted by Gasteiger charge is 2.30. The van der Waals surface area contributed by atoms with Crippen molar-refractivity contribution in [3.8, 4) is 0 Å². The van der Waals surface area contributed by atoms with Crippen LogP contribution < -0.4 is 0 Å². The second-order valence-electron chi connectivity index (χ2n) is 5.50. The molecule has 0 heterocycles. The average molecular weight is 210 g/mol. The van der Waals surface area contributed by atoms with Gasteiger partial charge in [-0.25, -0.2) is 0 Å². The summed E-state index contributed by atoms with van der Waals surface area (Å²) in [5.41, 5.74) is 0. The van der Waals surface area contributed by atoms with E-state index < -0.39 is 0 Å². The summed E-state index contributed by atoms with van der Waals surface area (Å²) in [5, 5.41) is 0. The predicted octanol–water partition coefficient (Wildman–Crippen LogP) is 4.21. The fourth-order valence-corrected chi connectivity index (χ4v) is 2.77. The van der Waals surface area contributed by atoms with Crippen LogP contribution in [0.15, 0.2) is 0 Å². The van der Waals surface area contributed by atoms with Crippen molar-refractivity contribution < 1.29 is 4.79 Å². The van der Waals surface area contributed by atoms with Crippen LogP contribution >= 0.6 is 0 Å². The normalized spacial score (nSPS) is 27.3. The van der Waals surface area contributed by atoms with Crippen LogP contribution in [0.4, 0.5) is 0 Å². The van der Waals surface area contributed by atoms with Gasteiger partial charge in [-0.05, 0) is 31.6 Å². The van der Waals surface area contributed by atoms with Gasteiger partial charge in [0, 0.05) is 11.8 Å². The SMILES string of the molecule is CCCCC1CCCC(CC(C)C)C1=O. The molecular formula is C14H26O. The van der Waals surface area contributed by atoms with Gasteiger partial charge in [0.05, 0.1) is 0 Å². The summed E-state index contributed by atoms with van der Waals surface area (Å²) in [4.78, 5) is 12.2. The zero-order valence-corrected chi connectivity index (χ0v) is 10.6. The first-order valence-electron chi connectivity index (χ1n) is 6.68. The number of carbonyl (C=O) groups is 1. The number of ketones is 1. The second-order valence-corrected chi connectivity index (χ2v) is 5.50. The third kappa shape index (κ3) is 3.96.